The highest BCUT2D eigenvalue weighted by Crippen LogP contribution is 2.20. The van der Waals surface area contributed by atoms with Gasteiger partial charge in [-0.15, -0.1) is 0 Å². The minimum Gasteiger partial charge on any atom is -0.478 e. The number of ether oxygens (including phenoxy) is 1. The van der Waals surface area contributed by atoms with E-state index in [1.807, 2.05) is 0 Å². The zero-order valence-corrected chi connectivity index (χ0v) is 13.6. The van der Waals surface area contributed by atoms with Crippen LogP contribution in [0, 0.1) is 0 Å². The molecule has 1 saturated carbocycles. The highest BCUT2D eigenvalue weighted by molar-refractivity contribution is 5.96. The molecule has 0 aliphatic heterocycles. The van der Waals surface area contributed by atoms with Crippen LogP contribution >= 0.6 is 0 Å². The maximum Gasteiger partial charge on any atom is 0.339 e. The molecule has 128 valence electrons. The molecule has 1 fully saturated rings. The molecule has 1 aliphatic carbocycles. The Morgan fingerprint density at radius 3 is 2.70 bits per heavy atom. The fourth-order valence-corrected chi connectivity index (χ4v) is 2.83. The van der Waals surface area contributed by atoms with E-state index in [1.165, 1.54) is 25.3 Å². The topological polar surface area (TPSA) is 88.8 Å². The van der Waals surface area contributed by atoms with Gasteiger partial charge in [0.1, 0.15) is 11.3 Å². The summed E-state index contributed by atoms with van der Waals surface area (Å²) in [4.78, 5) is 23.0. The largest absolute Gasteiger partial charge is 0.478 e. The van der Waals surface area contributed by atoms with Crippen LogP contribution < -0.4 is 5.32 Å². The van der Waals surface area contributed by atoms with Crippen molar-refractivity contribution in [1.29, 1.82) is 0 Å². The van der Waals surface area contributed by atoms with Crippen LogP contribution in [0.2, 0.25) is 0 Å². The molecule has 6 nitrogen and oxygen atoms in total. The van der Waals surface area contributed by atoms with Gasteiger partial charge in [-0.25, -0.2) is 4.79 Å². The predicted octanol–water partition coefficient (Wildman–Crippen LogP) is 3.01. The third kappa shape index (κ3) is 5.10. The third-order valence-electron chi connectivity index (χ3n) is 4.10. The van der Waals surface area contributed by atoms with E-state index < -0.39 is 5.97 Å². The zero-order chi connectivity index (χ0) is 16.7. The fraction of sp³-hybridized carbons (Fsp3) is 0.647. The quantitative estimate of drug-likeness (QED) is 0.718. The molecular formula is C17H25NO5. The van der Waals surface area contributed by atoms with Crippen molar-refractivity contribution in [3.63, 3.8) is 0 Å². The Balaban J connectivity index is 1.71. The van der Waals surface area contributed by atoms with Crippen molar-refractivity contribution >= 4 is 11.9 Å². The smallest absolute Gasteiger partial charge is 0.339 e. The molecular weight excluding hydrogens is 298 g/mol. The number of rotatable bonds is 8. The summed E-state index contributed by atoms with van der Waals surface area (Å²) in [7, 11) is 0. The maximum atomic E-state index is 12.0. The summed E-state index contributed by atoms with van der Waals surface area (Å²) < 4.78 is 11.1. The summed E-state index contributed by atoms with van der Waals surface area (Å²) in [6, 6.07) is 1.29. The van der Waals surface area contributed by atoms with E-state index in [0.717, 1.165) is 19.3 Å². The molecule has 6 heteroatoms. The fourth-order valence-electron chi connectivity index (χ4n) is 2.83. The van der Waals surface area contributed by atoms with Crippen molar-refractivity contribution in [3.8, 4) is 0 Å². The van der Waals surface area contributed by atoms with Crippen molar-refractivity contribution in [1.82, 2.24) is 5.32 Å². The molecule has 1 aromatic heterocycles. The lowest BCUT2D eigenvalue weighted by Crippen LogP contribution is -2.26. The first-order valence-electron chi connectivity index (χ1n) is 8.37. The van der Waals surface area contributed by atoms with Gasteiger partial charge in [0.05, 0.1) is 6.10 Å². The second-order valence-corrected chi connectivity index (χ2v) is 5.85. The average molecular weight is 323 g/mol. The minimum absolute atomic E-state index is 0.0486. The summed E-state index contributed by atoms with van der Waals surface area (Å²) in [5, 5.41) is 11.8. The summed E-state index contributed by atoms with van der Waals surface area (Å²) in [5.41, 5.74) is 0.0540. The number of carbonyl (C=O) groups excluding carboxylic acids is 1. The van der Waals surface area contributed by atoms with Crippen LogP contribution in [0.3, 0.4) is 0 Å². The summed E-state index contributed by atoms with van der Waals surface area (Å²) in [6.45, 7) is 2.90. The molecule has 0 aromatic carbocycles. The second-order valence-electron chi connectivity index (χ2n) is 5.85. The normalized spacial score (nSPS) is 15.5. The van der Waals surface area contributed by atoms with Gasteiger partial charge in [0.25, 0.3) is 5.91 Å². The summed E-state index contributed by atoms with van der Waals surface area (Å²) >= 11 is 0. The number of hydrogen-bond acceptors (Lipinski definition) is 4. The van der Waals surface area contributed by atoms with Gasteiger partial charge < -0.3 is 19.6 Å². The number of furan rings is 1. The number of aromatic carboxylic acids is 1. The first-order chi connectivity index (χ1) is 11.1. The Bertz CT molecular complexity index is 531. The van der Waals surface area contributed by atoms with Crippen molar-refractivity contribution in [2.75, 3.05) is 13.2 Å². The molecule has 0 spiro atoms. The van der Waals surface area contributed by atoms with Crippen LogP contribution in [-0.4, -0.2) is 36.2 Å². The average Bonchev–Trinajstić information content (AvgIpc) is 3.00. The highest BCUT2D eigenvalue weighted by atomic mass is 16.5. The Morgan fingerprint density at radius 2 is 2.09 bits per heavy atom. The molecule has 2 rings (SSSR count). The molecule has 1 aliphatic rings. The first kappa shape index (κ1) is 17.5. The van der Waals surface area contributed by atoms with E-state index in [9.17, 15) is 9.59 Å². The summed E-state index contributed by atoms with van der Waals surface area (Å²) in [6.07, 6.45) is 7.59. The highest BCUT2D eigenvalue weighted by Gasteiger charge is 2.19. The van der Waals surface area contributed by atoms with Gasteiger partial charge in [0, 0.05) is 25.6 Å². The number of carboxylic acids is 1. The lowest BCUT2D eigenvalue weighted by atomic mass is 9.98. The van der Waals surface area contributed by atoms with Crippen LogP contribution in [0.4, 0.5) is 0 Å². The number of amides is 1. The molecule has 1 amide bonds. The third-order valence-corrected chi connectivity index (χ3v) is 4.10. The molecule has 0 atom stereocenters. The molecule has 0 saturated heterocycles. The monoisotopic (exact) mass is 323 g/mol. The van der Waals surface area contributed by atoms with Gasteiger partial charge in [0.2, 0.25) is 0 Å². The van der Waals surface area contributed by atoms with E-state index in [1.54, 1.807) is 6.92 Å². The Kier molecular flexibility index (Phi) is 6.65. The first-order valence-corrected chi connectivity index (χ1v) is 8.37. The summed E-state index contributed by atoms with van der Waals surface area (Å²) in [5.74, 6) is -1.09. The van der Waals surface area contributed by atoms with Crippen molar-refractivity contribution in [2.45, 2.75) is 58.0 Å². The van der Waals surface area contributed by atoms with Gasteiger partial charge in [-0.1, -0.05) is 26.2 Å². The number of carboxylic acid groups (broad SMARTS) is 1. The van der Waals surface area contributed by atoms with Gasteiger partial charge in [-0.05, 0) is 19.3 Å². The van der Waals surface area contributed by atoms with Gasteiger partial charge in [-0.3, -0.25) is 4.79 Å². The molecule has 1 aromatic rings. The molecule has 0 radical (unpaired) electrons. The maximum absolute atomic E-state index is 12.0. The van der Waals surface area contributed by atoms with Crippen LogP contribution in [0.25, 0.3) is 0 Å². The van der Waals surface area contributed by atoms with Gasteiger partial charge in [-0.2, -0.15) is 0 Å². The van der Waals surface area contributed by atoms with Crippen molar-refractivity contribution in [2.24, 2.45) is 0 Å². The van der Waals surface area contributed by atoms with E-state index in [2.05, 4.69) is 5.32 Å². The number of aryl methyl sites for hydroxylation is 1. The van der Waals surface area contributed by atoms with E-state index in [-0.39, 0.29) is 17.2 Å². The van der Waals surface area contributed by atoms with E-state index in [4.69, 9.17) is 14.3 Å². The molecule has 0 bridgehead atoms. The Morgan fingerprint density at radius 1 is 1.35 bits per heavy atom. The van der Waals surface area contributed by atoms with Crippen LogP contribution in [0.5, 0.6) is 0 Å². The SMILES string of the molecule is CCc1oc(C(=O)NCCCOC2CCCCC2)cc1C(=O)O. The lowest BCUT2D eigenvalue weighted by molar-refractivity contribution is 0.0273. The number of carbonyl (C=O) groups is 2. The minimum atomic E-state index is -1.08. The predicted molar refractivity (Wildman–Crippen MR) is 84.8 cm³/mol. The molecule has 0 unspecified atom stereocenters. The van der Waals surface area contributed by atoms with Crippen LogP contribution in [0.15, 0.2) is 10.5 Å². The van der Waals surface area contributed by atoms with Crippen LogP contribution in [0.1, 0.15) is 72.1 Å². The molecule has 23 heavy (non-hydrogen) atoms. The number of hydrogen-bond donors (Lipinski definition) is 2. The standard InChI is InChI=1S/C17H25NO5/c1-2-14-13(17(20)21)11-15(23-14)16(19)18-9-6-10-22-12-7-4-3-5-8-12/h11-12H,2-10H2,1H3,(H,18,19)(H,20,21). The van der Waals surface area contributed by atoms with E-state index in [0.29, 0.717) is 31.4 Å². The van der Waals surface area contributed by atoms with Crippen molar-refractivity contribution in [3.05, 3.63) is 23.2 Å². The lowest BCUT2D eigenvalue weighted by Gasteiger charge is -2.21. The van der Waals surface area contributed by atoms with E-state index >= 15 is 0 Å². The van der Waals surface area contributed by atoms with Gasteiger partial charge in [0.15, 0.2) is 5.76 Å². The zero-order valence-electron chi connectivity index (χ0n) is 13.6. The Labute approximate surface area is 136 Å². The van der Waals surface area contributed by atoms with Crippen molar-refractivity contribution < 1.29 is 23.8 Å². The van der Waals surface area contributed by atoms with Crippen LogP contribution in [-0.2, 0) is 11.2 Å². The Hall–Kier alpha value is -1.82. The van der Waals surface area contributed by atoms with Gasteiger partial charge >= 0.3 is 5.97 Å². The molecule has 1 heterocycles. The molecule has 2 N–H and O–H groups in total. The second kappa shape index (κ2) is 8.72. The number of nitrogens with one attached hydrogen (secondary N) is 1.